The lowest BCUT2D eigenvalue weighted by atomic mass is 10.3. The van der Waals surface area contributed by atoms with E-state index in [-0.39, 0.29) is 10.9 Å². The number of nitrogens with one attached hydrogen (secondary N) is 1. The van der Waals surface area contributed by atoms with Gasteiger partial charge >= 0.3 is 5.00 Å². The van der Waals surface area contributed by atoms with E-state index in [4.69, 9.17) is 0 Å². The Hall–Kier alpha value is -2.54. The van der Waals surface area contributed by atoms with Crippen molar-refractivity contribution in [3.63, 3.8) is 0 Å². The number of nitro groups is 1. The molecule has 0 saturated carbocycles. The number of rotatable bonds is 4. The molecule has 20 heavy (non-hydrogen) atoms. The van der Waals surface area contributed by atoms with Gasteiger partial charge < -0.3 is 5.32 Å². The molecule has 2 aromatic rings. The molecule has 2 aromatic heterocycles. The number of aromatic nitrogens is 1. The van der Waals surface area contributed by atoms with Crippen molar-refractivity contribution < 1.29 is 9.72 Å². The van der Waals surface area contributed by atoms with Crippen LogP contribution in [-0.4, -0.2) is 15.8 Å². The van der Waals surface area contributed by atoms with Crippen molar-refractivity contribution in [2.24, 2.45) is 0 Å². The Bertz CT molecular complexity index is 662. The van der Waals surface area contributed by atoms with Gasteiger partial charge in [-0.3, -0.25) is 14.9 Å². The quantitative estimate of drug-likeness (QED) is 0.532. The molecule has 0 aliphatic carbocycles. The van der Waals surface area contributed by atoms with Gasteiger partial charge in [0.25, 0.3) is 0 Å². The zero-order chi connectivity index (χ0) is 14.5. The molecule has 102 valence electrons. The number of nitrogens with zero attached hydrogens (tertiary/aromatic N) is 2. The summed E-state index contributed by atoms with van der Waals surface area (Å²) >= 11 is 1.01. The smallest absolute Gasteiger partial charge is 0.307 e. The molecular formula is C13H11N3O3S. The first-order chi connectivity index (χ1) is 9.54. The lowest BCUT2D eigenvalue weighted by molar-refractivity contribution is -0.380. The van der Waals surface area contributed by atoms with Crippen LogP contribution in [0.2, 0.25) is 0 Å². The fraction of sp³-hybridized carbons (Fsp3) is 0.0769. The molecule has 7 heteroatoms. The van der Waals surface area contributed by atoms with Gasteiger partial charge in [-0.25, -0.2) is 4.98 Å². The molecule has 6 nitrogen and oxygen atoms in total. The van der Waals surface area contributed by atoms with Crippen LogP contribution in [-0.2, 0) is 4.79 Å². The third-order valence-corrected chi connectivity index (χ3v) is 3.36. The molecule has 1 amide bonds. The monoisotopic (exact) mass is 289 g/mol. The highest BCUT2D eigenvalue weighted by Gasteiger charge is 2.08. The van der Waals surface area contributed by atoms with Gasteiger partial charge in [0.1, 0.15) is 5.82 Å². The third kappa shape index (κ3) is 3.72. The van der Waals surface area contributed by atoms with Crippen molar-refractivity contribution in [2.75, 3.05) is 5.32 Å². The van der Waals surface area contributed by atoms with Crippen LogP contribution in [0.25, 0.3) is 6.08 Å². The summed E-state index contributed by atoms with van der Waals surface area (Å²) in [6.45, 7) is 1.90. The summed E-state index contributed by atoms with van der Waals surface area (Å²) in [6, 6.07) is 6.55. The largest absolute Gasteiger partial charge is 0.324 e. The van der Waals surface area contributed by atoms with Crippen molar-refractivity contribution in [1.29, 1.82) is 0 Å². The number of pyridine rings is 1. The van der Waals surface area contributed by atoms with E-state index in [0.29, 0.717) is 10.7 Å². The maximum atomic E-state index is 11.6. The van der Waals surface area contributed by atoms with Crippen LogP contribution in [0, 0.1) is 17.0 Å². The fourth-order valence-electron chi connectivity index (χ4n) is 1.40. The topological polar surface area (TPSA) is 85.1 Å². The van der Waals surface area contributed by atoms with Gasteiger partial charge in [0.15, 0.2) is 0 Å². The molecule has 0 unspecified atom stereocenters. The maximum Gasteiger partial charge on any atom is 0.324 e. The van der Waals surface area contributed by atoms with Crippen LogP contribution in [0.15, 0.2) is 36.5 Å². The summed E-state index contributed by atoms with van der Waals surface area (Å²) < 4.78 is 0. The van der Waals surface area contributed by atoms with Crippen molar-refractivity contribution in [2.45, 2.75) is 6.92 Å². The Morgan fingerprint density at radius 3 is 2.80 bits per heavy atom. The number of amides is 1. The van der Waals surface area contributed by atoms with Gasteiger partial charge in [-0.05, 0) is 30.7 Å². The van der Waals surface area contributed by atoms with Gasteiger partial charge in [-0.2, -0.15) is 0 Å². The number of aryl methyl sites for hydroxylation is 1. The molecule has 0 fully saturated rings. The van der Waals surface area contributed by atoms with E-state index in [2.05, 4.69) is 10.3 Å². The first-order valence-corrected chi connectivity index (χ1v) is 6.52. The lowest BCUT2D eigenvalue weighted by Gasteiger charge is -2.00. The molecule has 1 N–H and O–H groups in total. The minimum Gasteiger partial charge on any atom is -0.307 e. The number of hydrogen-bond acceptors (Lipinski definition) is 5. The SMILES string of the molecule is Cc1ccc(NC(=O)/C=C/c2ccc([N+](=O)[O-])s2)nc1. The Kier molecular flexibility index (Phi) is 4.21. The van der Waals surface area contributed by atoms with Crippen molar-refractivity contribution in [3.05, 3.63) is 57.1 Å². The first-order valence-electron chi connectivity index (χ1n) is 5.70. The summed E-state index contributed by atoms with van der Waals surface area (Å²) in [7, 11) is 0. The van der Waals surface area contributed by atoms with E-state index in [1.807, 2.05) is 13.0 Å². The fourth-order valence-corrected chi connectivity index (χ4v) is 2.12. The zero-order valence-electron chi connectivity index (χ0n) is 10.6. The van der Waals surface area contributed by atoms with Crippen molar-refractivity contribution in [3.8, 4) is 0 Å². The first kappa shape index (κ1) is 13.9. The van der Waals surface area contributed by atoms with Gasteiger partial charge in [-0.15, -0.1) is 0 Å². The summed E-state index contributed by atoms with van der Waals surface area (Å²) in [5, 5.41) is 13.2. The zero-order valence-corrected chi connectivity index (χ0v) is 11.4. The molecule has 0 atom stereocenters. The van der Waals surface area contributed by atoms with E-state index >= 15 is 0 Å². The summed E-state index contributed by atoms with van der Waals surface area (Å²) in [4.78, 5) is 26.4. The molecule has 0 bridgehead atoms. The van der Waals surface area contributed by atoms with Crippen LogP contribution >= 0.6 is 11.3 Å². The Morgan fingerprint density at radius 1 is 1.40 bits per heavy atom. The minimum absolute atomic E-state index is 0.0465. The number of anilines is 1. The molecule has 0 radical (unpaired) electrons. The second kappa shape index (κ2) is 6.07. The van der Waals surface area contributed by atoms with Crippen LogP contribution in [0.1, 0.15) is 10.4 Å². The average molecular weight is 289 g/mol. The highest BCUT2D eigenvalue weighted by Crippen LogP contribution is 2.24. The van der Waals surface area contributed by atoms with Crippen LogP contribution in [0.3, 0.4) is 0 Å². The molecular weight excluding hydrogens is 278 g/mol. The van der Waals surface area contributed by atoms with Gasteiger partial charge in [-0.1, -0.05) is 17.4 Å². The normalized spacial score (nSPS) is 10.7. The summed E-state index contributed by atoms with van der Waals surface area (Å²) in [5.41, 5.74) is 1.00. The molecule has 0 aliphatic rings. The molecule has 2 rings (SSSR count). The van der Waals surface area contributed by atoms with Crippen LogP contribution in [0.5, 0.6) is 0 Å². The molecule has 0 spiro atoms. The highest BCUT2D eigenvalue weighted by atomic mass is 32.1. The standard InChI is InChI=1S/C13H11N3O3S/c1-9-2-5-11(14-8-9)15-12(17)6-3-10-4-7-13(20-10)16(18)19/h2-8H,1H3,(H,14,15,17)/b6-3+. The second-order valence-corrected chi connectivity index (χ2v) is 5.07. The predicted molar refractivity (Wildman–Crippen MR) is 77.6 cm³/mol. The molecule has 2 heterocycles. The van der Waals surface area contributed by atoms with E-state index in [9.17, 15) is 14.9 Å². The second-order valence-electron chi connectivity index (χ2n) is 3.98. The lowest BCUT2D eigenvalue weighted by Crippen LogP contribution is -2.08. The number of carbonyl (C=O) groups excluding carboxylic acids is 1. The number of carbonyl (C=O) groups is 1. The Labute approximate surface area is 118 Å². The summed E-state index contributed by atoms with van der Waals surface area (Å²) in [6.07, 6.45) is 4.50. The van der Waals surface area contributed by atoms with Crippen LogP contribution < -0.4 is 5.32 Å². The van der Waals surface area contributed by atoms with E-state index in [1.54, 1.807) is 18.3 Å². The van der Waals surface area contributed by atoms with Crippen LogP contribution in [0.4, 0.5) is 10.8 Å². The van der Waals surface area contributed by atoms with E-state index in [0.717, 1.165) is 16.9 Å². The van der Waals surface area contributed by atoms with Gasteiger partial charge in [0, 0.05) is 23.2 Å². The molecule has 0 saturated heterocycles. The average Bonchev–Trinajstić information content (AvgIpc) is 2.88. The number of thiophene rings is 1. The Balaban J connectivity index is 1.98. The maximum absolute atomic E-state index is 11.6. The minimum atomic E-state index is -0.460. The van der Waals surface area contributed by atoms with Gasteiger partial charge in [0.2, 0.25) is 5.91 Å². The molecule has 0 aromatic carbocycles. The predicted octanol–water partition coefficient (Wildman–Crippen LogP) is 3.01. The van der Waals surface area contributed by atoms with Crippen molar-refractivity contribution in [1.82, 2.24) is 4.98 Å². The summed E-state index contributed by atoms with van der Waals surface area (Å²) in [5.74, 6) is 0.125. The third-order valence-electron chi connectivity index (χ3n) is 2.35. The van der Waals surface area contributed by atoms with E-state index in [1.165, 1.54) is 18.2 Å². The number of hydrogen-bond donors (Lipinski definition) is 1. The Morgan fingerprint density at radius 2 is 2.20 bits per heavy atom. The van der Waals surface area contributed by atoms with Gasteiger partial charge in [0.05, 0.1) is 4.92 Å². The van der Waals surface area contributed by atoms with Crippen molar-refractivity contribution >= 4 is 34.1 Å². The highest BCUT2D eigenvalue weighted by molar-refractivity contribution is 7.16. The van der Waals surface area contributed by atoms with E-state index < -0.39 is 4.92 Å². The molecule has 0 aliphatic heterocycles.